The van der Waals surface area contributed by atoms with Crippen LogP contribution in [0.1, 0.15) is 27.7 Å². The van der Waals surface area contributed by atoms with Crippen molar-refractivity contribution in [3.8, 4) is 0 Å². The standard InChI is InChI=1S/C18H25NO8S/c1-17(2)24-13-11(9-22-10-28(20,21)12-7-5-6-8-19-12)23-16-15(14(13)25-17)26-18(3,4)27-16/h5-8,11,13-16H,9-10H2,1-4H3/t11-,13+,14+,15-,16-/m1/s1. The van der Waals surface area contributed by atoms with Gasteiger partial charge in [-0.15, -0.1) is 0 Å². The van der Waals surface area contributed by atoms with E-state index in [9.17, 15) is 8.42 Å². The van der Waals surface area contributed by atoms with Crippen LogP contribution in [0.5, 0.6) is 0 Å². The van der Waals surface area contributed by atoms with Crippen molar-refractivity contribution < 1.29 is 36.8 Å². The minimum Gasteiger partial charge on any atom is -0.362 e. The first-order valence-electron chi connectivity index (χ1n) is 9.15. The van der Waals surface area contributed by atoms with Gasteiger partial charge in [-0.3, -0.25) is 0 Å². The Labute approximate surface area is 164 Å². The van der Waals surface area contributed by atoms with Gasteiger partial charge in [-0.2, -0.15) is 0 Å². The number of ether oxygens (including phenoxy) is 6. The van der Waals surface area contributed by atoms with Gasteiger partial charge in [0, 0.05) is 6.20 Å². The molecule has 1 aromatic rings. The normalized spacial score (nSPS) is 36.1. The summed E-state index contributed by atoms with van der Waals surface area (Å²) in [6, 6.07) is 4.69. The fraction of sp³-hybridized carbons (Fsp3) is 0.722. The van der Waals surface area contributed by atoms with Crippen LogP contribution in [-0.4, -0.2) is 68.2 Å². The van der Waals surface area contributed by atoms with Crippen LogP contribution in [0.15, 0.2) is 29.4 Å². The summed E-state index contributed by atoms with van der Waals surface area (Å²) in [5.41, 5.74) is 0. The summed E-state index contributed by atoms with van der Waals surface area (Å²) in [6.07, 6.45) is -1.09. The molecule has 3 aliphatic rings. The lowest BCUT2D eigenvalue weighted by Crippen LogP contribution is -2.56. The molecule has 9 nitrogen and oxygen atoms in total. The molecule has 4 heterocycles. The first-order chi connectivity index (χ1) is 13.1. The van der Waals surface area contributed by atoms with Crippen molar-refractivity contribution in [3.05, 3.63) is 24.4 Å². The average Bonchev–Trinajstić information content (AvgIpc) is 3.10. The van der Waals surface area contributed by atoms with E-state index in [4.69, 9.17) is 28.4 Å². The van der Waals surface area contributed by atoms with Crippen molar-refractivity contribution in [2.45, 2.75) is 75.0 Å². The highest BCUT2D eigenvalue weighted by Gasteiger charge is 2.60. The summed E-state index contributed by atoms with van der Waals surface area (Å²) >= 11 is 0. The van der Waals surface area contributed by atoms with Crippen LogP contribution in [0.2, 0.25) is 0 Å². The molecule has 0 aromatic carbocycles. The van der Waals surface area contributed by atoms with Gasteiger partial charge in [0.25, 0.3) is 0 Å². The fourth-order valence-corrected chi connectivity index (χ4v) is 4.64. The van der Waals surface area contributed by atoms with Crippen LogP contribution < -0.4 is 0 Å². The average molecular weight is 415 g/mol. The van der Waals surface area contributed by atoms with E-state index in [0.717, 1.165) is 0 Å². The van der Waals surface area contributed by atoms with Gasteiger partial charge >= 0.3 is 0 Å². The number of nitrogens with zero attached hydrogens (tertiary/aromatic N) is 1. The maximum absolute atomic E-state index is 12.3. The maximum Gasteiger partial charge on any atom is 0.219 e. The fourth-order valence-electron chi connectivity index (χ4n) is 3.69. The summed E-state index contributed by atoms with van der Waals surface area (Å²) < 4.78 is 59.9. The number of rotatable bonds is 5. The van der Waals surface area contributed by atoms with Crippen molar-refractivity contribution in [3.63, 3.8) is 0 Å². The highest BCUT2D eigenvalue weighted by Crippen LogP contribution is 2.44. The molecule has 0 saturated carbocycles. The first-order valence-corrected chi connectivity index (χ1v) is 10.8. The van der Waals surface area contributed by atoms with Gasteiger partial charge in [0.05, 0.1) is 6.61 Å². The van der Waals surface area contributed by atoms with E-state index < -0.39 is 58.1 Å². The highest BCUT2D eigenvalue weighted by molar-refractivity contribution is 7.91. The highest BCUT2D eigenvalue weighted by atomic mass is 32.2. The topological polar surface area (TPSA) is 102 Å². The molecule has 0 bridgehead atoms. The van der Waals surface area contributed by atoms with Crippen LogP contribution in [0, 0.1) is 0 Å². The Morgan fingerprint density at radius 1 is 1.00 bits per heavy atom. The molecule has 3 fully saturated rings. The molecule has 4 rings (SSSR count). The molecule has 0 aliphatic carbocycles. The Hall–Kier alpha value is -1.14. The van der Waals surface area contributed by atoms with Crippen molar-refractivity contribution in [1.82, 2.24) is 4.98 Å². The second-order valence-electron chi connectivity index (χ2n) is 7.98. The summed E-state index contributed by atoms with van der Waals surface area (Å²) in [4.78, 5) is 3.87. The third-order valence-corrected chi connectivity index (χ3v) is 6.08. The monoisotopic (exact) mass is 415 g/mol. The zero-order valence-electron chi connectivity index (χ0n) is 16.2. The summed E-state index contributed by atoms with van der Waals surface area (Å²) in [7, 11) is -3.66. The Morgan fingerprint density at radius 3 is 2.39 bits per heavy atom. The summed E-state index contributed by atoms with van der Waals surface area (Å²) in [6.45, 7) is 7.22. The quantitative estimate of drug-likeness (QED) is 0.702. The predicted molar refractivity (Wildman–Crippen MR) is 94.8 cm³/mol. The van der Waals surface area contributed by atoms with Gasteiger partial charge < -0.3 is 28.4 Å². The molecule has 0 N–H and O–H groups in total. The van der Waals surface area contributed by atoms with Gasteiger partial charge in [-0.1, -0.05) is 6.07 Å². The van der Waals surface area contributed by atoms with E-state index in [0.29, 0.717) is 0 Å². The van der Waals surface area contributed by atoms with Crippen LogP contribution >= 0.6 is 0 Å². The van der Waals surface area contributed by atoms with E-state index in [2.05, 4.69) is 4.98 Å². The number of hydrogen-bond acceptors (Lipinski definition) is 9. The van der Waals surface area contributed by atoms with Crippen LogP contribution in [0.3, 0.4) is 0 Å². The molecule has 10 heteroatoms. The largest absolute Gasteiger partial charge is 0.362 e. The van der Waals surface area contributed by atoms with E-state index >= 15 is 0 Å². The second-order valence-corrected chi connectivity index (χ2v) is 9.86. The Balaban J connectivity index is 1.44. The lowest BCUT2D eigenvalue weighted by atomic mass is 9.99. The van der Waals surface area contributed by atoms with Gasteiger partial charge in [-0.05, 0) is 39.8 Å². The molecule has 0 radical (unpaired) electrons. The van der Waals surface area contributed by atoms with Crippen molar-refractivity contribution in [2.75, 3.05) is 12.5 Å². The van der Waals surface area contributed by atoms with E-state index in [-0.39, 0.29) is 11.6 Å². The molecule has 28 heavy (non-hydrogen) atoms. The Morgan fingerprint density at radius 2 is 1.68 bits per heavy atom. The number of fused-ring (bicyclic) bond motifs is 3. The second kappa shape index (κ2) is 6.98. The molecular weight excluding hydrogens is 390 g/mol. The molecule has 0 amide bonds. The smallest absolute Gasteiger partial charge is 0.219 e. The van der Waals surface area contributed by atoms with Gasteiger partial charge in [0.1, 0.15) is 24.4 Å². The molecule has 0 unspecified atom stereocenters. The zero-order valence-corrected chi connectivity index (χ0v) is 17.0. The third-order valence-electron chi connectivity index (χ3n) is 4.73. The molecule has 1 aromatic heterocycles. The van der Waals surface area contributed by atoms with Crippen LogP contribution in [0.4, 0.5) is 0 Å². The van der Waals surface area contributed by atoms with Crippen LogP contribution in [-0.2, 0) is 38.3 Å². The Kier molecular flexibility index (Phi) is 5.02. The van der Waals surface area contributed by atoms with E-state index in [1.807, 2.05) is 13.8 Å². The predicted octanol–water partition coefficient (Wildman–Crippen LogP) is 1.23. The van der Waals surface area contributed by atoms with Gasteiger partial charge in [0.2, 0.25) is 9.84 Å². The first kappa shape index (κ1) is 20.1. The minimum atomic E-state index is -3.66. The molecule has 3 saturated heterocycles. The number of sulfone groups is 1. The van der Waals surface area contributed by atoms with Crippen molar-refractivity contribution >= 4 is 9.84 Å². The maximum atomic E-state index is 12.3. The molecule has 3 aliphatic heterocycles. The minimum absolute atomic E-state index is 0.000319. The molecule has 156 valence electrons. The van der Waals surface area contributed by atoms with Gasteiger partial charge in [-0.25, -0.2) is 13.4 Å². The molecule has 0 spiro atoms. The SMILES string of the molecule is CC1(C)O[C@H]2[C@@H](O1)[C@@H](COCS(=O)(=O)c1ccccn1)O[C@@H]1OC(C)(C)O[C@@H]12. The van der Waals surface area contributed by atoms with Crippen molar-refractivity contribution in [2.24, 2.45) is 0 Å². The Bertz CT molecular complexity index is 812. The van der Waals surface area contributed by atoms with Crippen LogP contribution in [0.25, 0.3) is 0 Å². The van der Waals surface area contributed by atoms with E-state index in [1.54, 1.807) is 26.0 Å². The lowest BCUT2D eigenvalue weighted by molar-refractivity contribution is -0.242. The van der Waals surface area contributed by atoms with Crippen molar-refractivity contribution in [1.29, 1.82) is 0 Å². The van der Waals surface area contributed by atoms with E-state index in [1.165, 1.54) is 12.3 Å². The van der Waals surface area contributed by atoms with Gasteiger partial charge in [0.15, 0.2) is 28.8 Å². The number of aromatic nitrogens is 1. The zero-order chi connectivity index (χ0) is 20.2. The summed E-state index contributed by atoms with van der Waals surface area (Å²) in [5.74, 6) is -2.14. The molecule has 5 atom stereocenters. The molecular formula is C18H25NO8S. The number of pyridine rings is 1. The lowest BCUT2D eigenvalue weighted by Gasteiger charge is -2.37. The third kappa shape index (κ3) is 3.95. The number of hydrogen-bond donors (Lipinski definition) is 0. The summed E-state index contributed by atoms with van der Waals surface area (Å²) in [5, 5.41) is -0.0339.